The number of carbonyl (C=O) groups excluding carboxylic acids is 1. The molecule has 3 heterocycles. The minimum absolute atomic E-state index is 0.0459. The minimum atomic E-state index is -0.114. The van der Waals surface area contributed by atoms with Crippen molar-refractivity contribution in [3.63, 3.8) is 0 Å². The first kappa shape index (κ1) is 19.0. The molecule has 0 amide bonds. The second-order valence-electron chi connectivity index (χ2n) is 7.25. The highest BCUT2D eigenvalue weighted by Crippen LogP contribution is 2.32. The molecule has 4 nitrogen and oxygen atoms in total. The van der Waals surface area contributed by atoms with E-state index in [2.05, 4.69) is 11.8 Å². The van der Waals surface area contributed by atoms with Crippen molar-refractivity contribution in [3.05, 3.63) is 0 Å². The summed E-state index contributed by atoms with van der Waals surface area (Å²) in [6.45, 7) is 9.32. The Labute approximate surface area is 146 Å². The summed E-state index contributed by atoms with van der Waals surface area (Å²) in [6.07, 6.45) is 9.00. The third-order valence-corrected chi connectivity index (χ3v) is 6.17. The maximum absolute atomic E-state index is 12.1. The molecule has 3 aliphatic rings. The number of hydrogen-bond acceptors (Lipinski definition) is 3. The lowest BCUT2D eigenvalue weighted by Gasteiger charge is -2.55. The topological polar surface area (TPSA) is 29.5 Å². The average molecular weight is 346 g/mol. The maximum Gasteiger partial charge on any atom is 0.310 e. The number of fused-ring (bicyclic) bond motifs is 3. The Hall–Kier alpha value is -0.320. The van der Waals surface area contributed by atoms with Crippen LogP contribution in [0.2, 0.25) is 0 Å². The SMILES string of the molecule is CCCCCCCCCC(=O)OC(C)[N+]12CCN(CC1)CC2Cl. The summed E-state index contributed by atoms with van der Waals surface area (Å²) in [7, 11) is 0. The second-order valence-corrected chi connectivity index (χ2v) is 7.75. The molecule has 134 valence electrons. The first-order valence-corrected chi connectivity index (χ1v) is 9.94. The number of quaternary nitrogens is 1. The quantitative estimate of drug-likeness (QED) is 0.199. The van der Waals surface area contributed by atoms with Crippen LogP contribution in [0.5, 0.6) is 0 Å². The molecule has 0 aromatic carbocycles. The van der Waals surface area contributed by atoms with Crippen molar-refractivity contribution >= 4 is 17.6 Å². The lowest BCUT2D eigenvalue weighted by molar-refractivity contribution is -0.989. The second kappa shape index (κ2) is 9.24. The molecular formula is C18H34ClN2O2+. The van der Waals surface area contributed by atoms with E-state index in [-0.39, 0.29) is 17.7 Å². The van der Waals surface area contributed by atoms with Crippen molar-refractivity contribution < 1.29 is 14.0 Å². The molecule has 3 saturated heterocycles. The summed E-state index contributed by atoms with van der Waals surface area (Å²) < 4.78 is 6.51. The van der Waals surface area contributed by atoms with Gasteiger partial charge in [0.2, 0.25) is 6.23 Å². The van der Waals surface area contributed by atoms with Crippen LogP contribution in [0.3, 0.4) is 0 Å². The zero-order valence-corrected chi connectivity index (χ0v) is 15.7. The summed E-state index contributed by atoms with van der Waals surface area (Å²) in [5.74, 6) is -0.0459. The van der Waals surface area contributed by atoms with Crippen LogP contribution in [0.25, 0.3) is 0 Å². The Bertz CT molecular complexity index is 370. The fourth-order valence-corrected chi connectivity index (χ4v) is 4.44. The van der Waals surface area contributed by atoms with E-state index in [4.69, 9.17) is 16.3 Å². The molecule has 0 saturated carbocycles. The van der Waals surface area contributed by atoms with Crippen LogP contribution in [0.15, 0.2) is 0 Å². The van der Waals surface area contributed by atoms with Crippen molar-refractivity contribution in [2.24, 2.45) is 0 Å². The average Bonchev–Trinajstić information content (AvgIpc) is 2.55. The molecule has 0 spiro atoms. The zero-order chi connectivity index (χ0) is 16.7. The third-order valence-electron chi connectivity index (χ3n) is 5.64. The smallest absolute Gasteiger partial charge is 0.310 e. The molecule has 23 heavy (non-hydrogen) atoms. The molecule has 3 rings (SSSR count). The number of unbranched alkanes of at least 4 members (excludes halogenated alkanes) is 6. The van der Waals surface area contributed by atoms with Crippen molar-refractivity contribution in [1.82, 2.24) is 4.90 Å². The van der Waals surface area contributed by atoms with E-state index in [1.807, 2.05) is 6.92 Å². The monoisotopic (exact) mass is 345 g/mol. The van der Waals surface area contributed by atoms with Crippen molar-refractivity contribution in [3.8, 4) is 0 Å². The molecule has 0 aromatic rings. The number of hydrogen-bond donors (Lipinski definition) is 0. The van der Waals surface area contributed by atoms with Crippen LogP contribution >= 0.6 is 11.6 Å². The Morgan fingerprint density at radius 2 is 1.78 bits per heavy atom. The summed E-state index contributed by atoms with van der Waals surface area (Å²) in [6, 6.07) is 0. The van der Waals surface area contributed by atoms with Gasteiger partial charge in [0, 0.05) is 26.4 Å². The van der Waals surface area contributed by atoms with Gasteiger partial charge in [-0.15, -0.1) is 0 Å². The predicted octanol–water partition coefficient (Wildman–Crippen LogP) is 3.73. The van der Waals surface area contributed by atoms with Gasteiger partial charge in [0.1, 0.15) is 0 Å². The molecule has 2 bridgehead atoms. The number of esters is 1. The van der Waals surface area contributed by atoms with Gasteiger partial charge in [-0.25, -0.2) is 0 Å². The normalized spacial score (nSPS) is 31.1. The Morgan fingerprint density at radius 1 is 1.17 bits per heavy atom. The first-order valence-electron chi connectivity index (χ1n) is 9.51. The molecule has 3 aliphatic heterocycles. The Morgan fingerprint density at radius 3 is 2.39 bits per heavy atom. The Balaban J connectivity index is 1.64. The van der Waals surface area contributed by atoms with Gasteiger partial charge < -0.3 is 4.74 Å². The zero-order valence-electron chi connectivity index (χ0n) is 14.9. The molecule has 5 heteroatoms. The third kappa shape index (κ3) is 5.07. The van der Waals surface area contributed by atoms with Gasteiger partial charge in [-0.1, -0.05) is 57.0 Å². The minimum Gasteiger partial charge on any atom is -0.413 e. The van der Waals surface area contributed by atoms with Gasteiger partial charge in [0.25, 0.3) is 0 Å². The highest BCUT2D eigenvalue weighted by Gasteiger charge is 2.50. The predicted molar refractivity (Wildman–Crippen MR) is 94.2 cm³/mol. The van der Waals surface area contributed by atoms with Crippen LogP contribution in [0.1, 0.15) is 65.2 Å². The number of rotatable bonds is 10. The van der Waals surface area contributed by atoms with E-state index in [0.29, 0.717) is 6.42 Å². The summed E-state index contributed by atoms with van der Waals surface area (Å²) in [4.78, 5) is 14.5. The van der Waals surface area contributed by atoms with Gasteiger partial charge in [-0.2, -0.15) is 0 Å². The molecule has 3 fully saturated rings. The Kier molecular flexibility index (Phi) is 7.64. The standard InChI is InChI=1S/C18H34ClN2O2/c1-3-4-5-6-7-8-9-10-18(22)23-16(2)21-13-11-20(12-14-21)15-17(21)19/h16-17H,3-15H2,1-2H3/q+1. The molecular weight excluding hydrogens is 312 g/mol. The van der Waals surface area contributed by atoms with Crippen LogP contribution in [0, 0.1) is 0 Å². The molecule has 2 atom stereocenters. The number of halogens is 1. The van der Waals surface area contributed by atoms with E-state index >= 15 is 0 Å². The highest BCUT2D eigenvalue weighted by atomic mass is 35.5. The number of piperazine rings is 3. The number of carbonyl (C=O) groups is 1. The number of ether oxygens (including phenoxy) is 1. The largest absolute Gasteiger partial charge is 0.413 e. The molecule has 0 N–H and O–H groups in total. The fraction of sp³-hybridized carbons (Fsp3) is 0.944. The van der Waals surface area contributed by atoms with Crippen molar-refractivity contribution in [2.75, 3.05) is 32.7 Å². The van der Waals surface area contributed by atoms with E-state index in [1.54, 1.807) is 0 Å². The van der Waals surface area contributed by atoms with E-state index < -0.39 is 0 Å². The van der Waals surface area contributed by atoms with Crippen LogP contribution < -0.4 is 0 Å². The van der Waals surface area contributed by atoms with Gasteiger partial charge >= 0.3 is 5.97 Å². The number of nitrogens with zero attached hydrogens (tertiary/aromatic N) is 2. The number of alkyl halides is 1. The van der Waals surface area contributed by atoms with Crippen molar-refractivity contribution in [2.45, 2.75) is 76.9 Å². The van der Waals surface area contributed by atoms with Gasteiger partial charge in [-0.05, 0) is 6.42 Å². The van der Waals surface area contributed by atoms with Crippen LogP contribution in [-0.2, 0) is 9.53 Å². The lowest BCUT2D eigenvalue weighted by Crippen LogP contribution is -2.74. The van der Waals surface area contributed by atoms with E-state index in [9.17, 15) is 4.79 Å². The molecule has 2 unspecified atom stereocenters. The fourth-order valence-electron chi connectivity index (χ4n) is 3.89. The molecule has 0 aromatic heterocycles. The summed E-state index contributed by atoms with van der Waals surface area (Å²) >= 11 is 6.57. The lowest BCUT2D eigenvalue weighted by atomic mass is 10.1. The molecule has 0 aliphatic carbocycles. The van der Waals surface area contributed by atoms with Gasteiger partial charge in [-0.3, -0.25) is 14.2 Å². The summed E-state index contributed by atoms with van der Waals surface area (Å²) in [5.41, 5.74) is 0.0545. The molecule has 0 radical (unpaired) electrons. The first-order chi connectivity index (χ1) is 11.1. The van der Waals surface area contributed by atoms with Crippen molar-refractivity contribution in [1.29, 1.82) is 0 Å². The van der Waals surface area contributed by atoms with Crippen LogP contribution in [0.4, 0.5) is 0 Å². The van der Waals surface area contributed by atoms with Crippen LogP contribution in [-0.4, -0.2) is 59.8 Å². The van der Waals surface area contributed by atoms with Gasteiger partial charge in [0.05, 0.1) is 19.6 Å². The highest BCUT2D eigenvalue weighted by molar-refractivity contribution is 6.19. The van der Waals surface area contributed by atoms with E-state index in [0.717, 1.165) is 50.0 Å². The summed E-state index contributed by atoms with van der Waals surface area (Å²) in [5, 5.41) is 0. The van der Waals surface area contributed by atoms with Gasteiger partial charge in [0.15, 0.2) is 5.50 Å². The van der Waals surface area contributed by atoms with E-state index in [1.165, 1.54) is 32.1 Å². The maximum atomic E-state index is 12.1.